The molecule has 0 fully saturated rings. The molecule has 100 valence electrons. The van der Waals surface area contributed by atoms with Gasteiger partial charge in [-0.1, -0.05) is 17.7 Å². The van der Waals surface area contributed by atoms with Crippen molar-refractivity contribution in [3.05, 3.63) is 59.1 Å². The van der Waals surface area contributed by atoms with Crippen LogP contribution in [0.25, 0.3) is 0 Å². The van der Waals surface area contributed by atoms with Crippen LogP contribution in [0.3, 0.4) is 0 Å². The number of hydrogen-bond acceptors (Lipinski definition) is 3. The van der Waals surface area contributed by atoms with Crippen molar-refractivity contribution in [1.29, 1.82) is 0 Å². The maximum atomic E-state index is 12.9. The Hall–Kier alpha value is -1.50. The van der Waals surface area contributed by atoms with Gasteiger partial charge in [0.05, 0.1) is 17.3 Å². The Morgan fingerprint density at radius 1 is 1.26 bits per heavy atom. The molecule has 4 nitrogen and oxygen atoms in total. The highest BCUT2D eigenvalue weighted by atomic mass is 35.5. The number of rotatable bonds is 4. The van der Waals surface area contributed by atoms with E-state index < -0.39 is 15.8 Å². The largest absolute Gasteiger partial charge is 0.260 e. The lowest BCUT2D eigenvalue weighted by Gasteiger charge is -2.08. The third-order valence-corrected chi connectivity index (χ3v) is 4.24. The van der Waals surface area contributed by atoms with E-state index in [1.807, 2.05) is 0 Å². The van der Waals surface area contributed by atoms with Gasteiger partial charge in [-0.2, -0.15) is 0 Å². The highest BCUT2D eigenvalue weighted by Crippen LogP contribution is 2.22. The lowest BCUT2D eigenvalue weighted by Crippen LogP contribution is -2.24. The summed E-state index contributed by atoms with van der Waals surface area (Å²) in [5.74, 6) is -0.589. The Balaban J connectivity index is 2.19. The molecule has 0 aliphatic heterocycles. The number of pyridine rings is 1. The predicted molar refractivity (Wildman–Crippen MR) is 69.7 cm³/mol. The topological polar surface area (TPSA) is 59.1 Å². The number of hydrogen-bond donors (Lipinski definition) is 1. The summed E-state index contributed by atoms with van der Waals surface area (Å²) < 4.78 is 39.2. The predicted octanol–water partition coefficient (Wildman–Crippen LogP) is 2.35. The van der Waals surface area contributed by atoms with Gasteiger partial charge >= 0.3 is 0 Å². The lowest BCUT2D eigenvalue weighted by atomic mass is 10.3. The minimum absolute atomic E-state index is 0.0386. The van der Waals surface area contributed by atoms with Gasteiger partial charge in [-0.25, -0.2) is 17.5 Å². The summed E-state index contributed by atoms with van der Waals surface area (Å²) >= 11 is 5.72. The zero-order valence-electron chi connectivity index (χ0n) is 9.68. The van der Waals surface area contributed by atoms with E-state index >= 15 is 0 Å². The van der Waals surface area contributed by atoms with Gasteiger partial charge in [0, 0.05) is 6.20 Å². The Bertz CT molecular complexity index is 677. The molecule has 1 N–H and O–H groups in total. The first kappa shape index (κ1) is 13.9. The SMILES string of the molecule is O=S(=O)(NCc1ccccn1)c1ccc(F)cc1Cl. The summed E-state index contributed by atoms with van der Waals surface area (Å²) in [6.07, 6.45) is 1.56. The first-order valence-electron chi connectivity index (χ1n) is 5.34. The van der Waals surface area contributed by atoms with E-state index in [1.165, 1.54) is 0 Å². The summed E-state index contributed by atoms with van der Waals surface area (Å²) in [5, 5.41) is -0.159. The molecule has 0 saturated heterocycles. The van der Waals surface area contributed by atoms with Gasteiger partial charge in [-0.3, -0.25) is 4.98 Å². The van der Waals surface area contributed by atoms with Gasteiger partial charge in [-0.05, 0) is 30.3 Å². The maximum absolute atomic E-state index is 12.9. The van der Waals surface area contributed by atoms with E-state index in [4.69, 9.17) is 11.6 Å². The Labute approximate surface area is 115 Å². The molecule has 0 aliphatic carbocycles. The smallest absolute Gasteiger partial charge is 0.242 e. The summed E-state index contributed by atoms with van der Waals surface area (Å²) in [6, 6.07) is 8.29. The van der Waals surface area contributed by atoms with Crippen molar-refractivity contribution >= 4 is 21.6 Å². The minimum atomic E-state index is -3.79. The first-order chi connectivity index (χ1) is 8.99. The second-order valence-corrected chi connectivity index (χ2v) is 5.86. The van der Waals surface area contributed by atoms with Crippen LogP contribution in [0, 0.1) is 5.82 Å². The molecule has 0 bridgehead atoms. The number of nitrogens with one attached hydrogen (secondary N) is 1. The van der Waals surface area contributed by atoms with E-state index in [1.54, 1.807) is 24.4 Å². The van der Waals surface area contributed by atoms with Gasteiger partial charge in [-0.15, -0.1) is 0 Å². The van der Waals surface area contributed by atoms with Crippen LogP contribution < -0.4 is 4.72 Å². The number of sulfonamides is 1. The van der Waals surface area contributed by atoms with Gasteiger partial charge < -0.3 is 0 Å². The van der Waals surface area contributed by atoms with Gasteiger partial charge in [0.15, 0.2) is 0 Å². The minimum Gasteiger partial charge on any atom is -0.260 e. The van der Waals surface area contributed by atoms with E-state index in [9.17, 15) is 12.8 Å². The van der Waals surface area contributed by atoms with Crippen molar-refractivity contribution in [2.45, 2.75) is 11.4 Å². The number of halogens is 2. The molecule has 0 atom stereocenters. The van der Waals surface area contributed by atoms with Crippen LogP contribution in [0.4, 0.5) is 4.39 Å². The van der Waals surface area contributed by atoms with Crippen molar-refractivity contribution in [1.82, 2.24) is 9.71 Å². The molecule has 0 unspecified atom stereocenters. The zero-order chi connectivity index (χ0) is 13.9. The maximum Gasteiger partial charge on any atom is 0.242 e. The molecule has 1 aromatic carbocycles. The van der Waals surface area contributed by atoms with Gasteiger partial charge in [0.25, 0.3) is 0 Å². The Morgan fingerprint density at radius 3 is 2.68 bits per heavy atom. The van der Waals surface area contributed by atoms with Crippen LogP contribution in [0.2, 0.25) is 5.02 Å². The fraction of sp³-hybridized carbons (Fsp3) is 0.0833. The molecular formula is C12H10ClFN2O2S. The van der Waals surface area contributed by atoms with Crippen molar-refractivity contribution < 1.29 is 12.8 Å². The fourth-order valence-corrected chi connectivity index (χ4v) is 2.97. The highest BCUT2D eigenvalue weighted by Gasteiger charge is 2.18. The molecule has 0 aliphatic rings. The fourth-order valence-electron chi connectivity index (χ4n) is 1.44. The first-order valence-corrected chi connectivity index (χ1v) is 7.20. The molecule has 1 aromatic heterocycles. The zero-order valence-corrected chi connectivity index (χ0v) is 11.2. The Kier molecular flexibility index (Phi) is 4.14. The summed E-state index contributed by atoms with van der Waals surface area (Å²) in [6.45, 7) is 0.0386. The molecule has 2 aromatic rings. The summed E-state index contributed by atoms with van der Waals surface area (Å²) in [4.78, 5) is 3.83. The molecular weight excluding hydrogens is 291 g/mol. The summed E-state index contributed by atoms with van der Waals surface area (Å²) in [7, 11) is -3.79. The number of benzene rings is 1. The second kappa shape index (κ2) is 5.64. The molecule has 1 heterocycles. The standard InChI is InChI=1S/C12H10ClFN2O2S/c13-11-7-9(14)4-5-12(11)19(17,18)16-8-10-3-1-2-6-15-10/h1-7,16H,8H2. The third kappa shape index (κ3) is 3.50. The van der Waals surface area contributed by atoms with Crippen LogP contribution in [-0.2, 0) is 16.6 Å². The number of aromatic nitrogens is 1. The molecule has 0 saturated carbocycles. The second-order valence-electron chi connectivity index (χ2n) is 3.72. The average molecular weight is 301 g/mol. The third-order valence-electron chi connectivity index (χ3n) is 2.35. The molecule has 2 rings (SSSR count). The molecule has 0 radical (unpaired) electrons. The molecule has 0 spiro atoms. The summed E-state index contributed by atoms with van der Waals surface area (Å²) in [5.41, 5.74) is 0.573. The van der Waals surface area contributed by atoms with Crippen molar-refractivity contribution in [2.75, 3.05) is 0 Å². The lowest BCUT2D eigenvalue weighted by molar-refractivity contribution is 0.579. The van der Waals surface area contributed by atoms with Crippen LogP contribution in [0.15, 0.2) is 47.5 Å². The quantitative estimate of drug-likeness (QED) is 0.943. The Morgan fingerprint density at radius 2 is 2.05 bits per heavy atom. The van der Waals surface area contributed by atoms with E-state index in [2.05, 4.69) is 9.71 Å². The molecule has 19 heavy (non-hydrogen) atoms. The van der Waals surface area contributed by atoms with E-state index in [0.29, 0.717) is 5.69 Å². The normalized spacial score (nSPS) is 11.5. The van der Waals surface area contributed by atoms with Crippen LogP contribution in [0.5, 0.6) is 0 Å². The van der Waals surface area contributed by atoms with Crippen molar-refractivity contribution in [3.63, 3.8) is 0 Å². The van der Waals surface area contributed by atoms with Crippen molar-refractivity contribution in [2.24, 2.45) is 0 Å². The highest BCUT2D eigenvalue weighted by molar-refractivity contribution is 7.89. The van der Waals surface area contributed by atoms with Gasteiger partial charge in [0.1, 0.15) is 10.7 Å². The van der Waals surface area contributed by atoms with Crippen LogP contribution in [0.1, 0.15) is 5.69 Å². The van der Waals surface area contributed by atoms with Gasteiger partial charge in [0.2, 0.25) is 10.0 Å². The monoisotopic (exact) mass is 300 g/mol. The van der Waals surface area contributed by atoms with E-state index in [-0.39, 0.29) is 16.5 Å². The molecule has 0 amide bonds. The van der Waals surface area contributed by atoms with Crippen LogP contribution >= 0.6 is 11.6 Å². The van der Waals surface area contributed by atoms with Crippen LogP contribution in [-0.4, -0.2) is 13.4 Å². The molecule has 7 heteroatoms. The van der Waals surface area contributed by atoms with E-state index in [0.717, 1.165) is 18.2 Å². The average Bonchev–Trinajstić information content (AvgIpc) is 2.37. The number of nitrogens with zero attached hydrogens (tertiary/aromatic N) is 1. The van der Waals surface area contributed by atoms with Crippen molar-refractivity contribution in [3.8, 4) is 0 Å².